The molecule has 3 unspecified atom stereocenters. The van der Waals surface area contributed by atoms with Crippen molar-refractivity contribution in [3.63, 3.8) is 0 Å². The molecule has 7 N–H and O–H groups in total. The molecule has 0 saturated carbocycles. The highest BCUT2D eigenvalue weighted by Gasteiger charge is 2.61. The molecule has 0 aromatic heterocycles. The van der Waals surface area contributed by atoms with Crippen LogP contribution in [0.25, 0.3) is 5.76 Å². The third kappa shape index (κ3) is 2.54. The van der Waals surface area contributed by atoms with E-state index < -0.39 is 80.2 Å². The summed E-state index contributed by atoms with van der Waals surface area (Å²) >= 11 is 0. The van der Waals surface area contributed by atoms with Crippen LogP contribution in [0.2, 0.25) is 0 Å². The monoisotopic (exact) mass is 540 g/mol. The number of aryl methyl sites for hydroxylation is 1. The number of phenolic OH excluding ortho intramolecular Hbond substituents is 5. The molecule has 0 aliphatic heterocycles. The number of ketones is 3. The van der Waals surface area contributed by atoms with E-state index in [-0.39, 0.29) is 40.0 Å². The van der Waals surface area contributed by atoms with Crippen LogP contribution in [-0.4, -0.2) is 53.1 Å². The molecule has 40 heavy (non-hydrogen) atoms. The van der Waals surface area contributed by atoms with Crippen molar-refractivity contribution >= 4 is 23.1 Å². The zero-order valence-corrected chi connectivity index (χ0v) is 20.7. The summed E-state index contributed by atoms with van der Waals surface area (Å²) in [4.78, 5) is 40.7. The van der Waals surface area contributed by atoms with Crippen LogP contribution in [0.3, 0.4) is 0 Å². The lowest BCUT2D eigenvalue weighted by Gasteiger charge is -2.46. The van der Waals surface area contributed by atoms with Gasteiger partial charge in [-0.25, -0.2) is 0 Å². The van der Waals surface area contributed by atoms with Crippen molar-refractivity contribution in [1.29, 1.82) is 0 Å². The van der Waals surface area contributed by atoms with Crippen molar-refractivity contribution in [1.82, 2.24) is 0 Å². The molecular weight excluding hydrogens is 520 g/mol. The number of hydrogen-bond acceptors (Lipinski definition) is 10. The zero-order valence-electron chi connectivity index (χ0n) is 20.7. The molecule has 1 spiro atoms. The maximum absolute atomic E-state index is 13.9. The first-order valence-corrected chi connectivity index (χ1v) is 12.3. The topological polar surface area (TPSA) is 193 Å². The second-order valence-electron chi connectivity index (χ2n) is 10.7. The quantitative estimate of drug-likeness (QED) is 0.163. The van der Waals surface area contributed by atoms with Gasteiger partial charge in [0, 0.05) is 22.5 Å². The van der Waals surface area contributed by atoms with E-state index in [0.29, 0.717) is 11.1 Å². The first-order valence-electron chi connectivity index (χ1n) is 12.3. The number of benzene rings is 3. The third-order valence-electron chi connectivity index (χ3n) is 8.66. The Labute approximate surface area is 225 Å². The predicted molar refractivity (Wildman–Crippen MR) is 137 cm³/mol. The molecule has 0 fully saturated rings. The first-order chi connectivity index (χ1) is 18.9. The van der Waals surface area contributed by atoms with Crippen LogP contribution in [-0.2, 0) is 11.2 Å². The summed E-state index contributed by atoms with van der Waals surface area (Å²) in [6, 6.07) is 5.07. The molecule has 4 aliphatic rings. The lowest BCUT2D eigenvalue weighted by atomic mass is 9.57. The van der Waals surface area contributed by atoms with Gasteiger partial charge >= 0.3 is 0 Å². The number of allylic oxidation sites excluding steroid dienone is 2. The van der Waals surface area contributed by atoms with E-state index in [1.54, 1.807) is 13.0 Å². The van der Waals surface area contributed by atoms with Crippen LogP contribution >= 0.6 is 0 Å². The largest absolute Gasteiger partial charge is 0.507 e. The first kappa shape index (κ1) is 24.0. The Bertz CT molecular complexity index is 1880. The van der Waals surface area contributed by atoms with E-state index in [4.69, 9.17) is 0 Å². The van der Waals surface area contributed by atoms with Crippen LogP contribution < -0.4 is 0 Å². The number of aromatic hydroxyl groups is 5. The van der Waals surface area contributed by atoms with Crippen molar-refractivity contribution < 1.29 is 50.1 Å². The Morgan fingerprint density at radius 2 is 1.48 bits per heavy atom. The second kappa shape index (κ2) is 7.30. The van der Waals surface area contributed by atoms with Gasteiger partial charge in [0.1, 0.15) is 17.3 Å². The molecule has 7 rings (SSSR count). The third-order valence-corrected chi connectivity index (χ3v) is 8.66. The molecule has 3 aromatic carbocycles. The Hall–Kier alpha value is -5.09. The number of rotatable bonds is 0. The van der Waals surface area contributed by atoms with Gasteiger partial charge in [0.05, 0.1) is 28.4 Å². The number of carbonyl (C=O) groups is 3. The van der Waals surface area contributed by atoms with Crippen molar-refractivity contribution in [2.75, 3.05) is 0 Å². The number of aliphatic hydroxyl groups is 2. The fourth-order valence-electron chi connectivity index (χ4n) is 7.12. The van der Waals surface area contributed by atoms with Gasteiger partial charge in [-0.1, -0.05) is 12.1 Å². The van der Waals surface area contributed by atoms with E-state index in [1.807, 2.05) is 0 Å². The van der Waals surface area contributed by atoms with Gasteiger partial charge in [0.25, 0.3) is 0 Å². The summed E-state index contributed by atoms with van der Waals surface area (Å²) in [5, 5.41) is 75.3. The normalized spacial score (nSPS) is 23.8. The Morgan fingerprint density at radius 1 is 0.775 bits per heavy atom. The number of hydrogen-bond donors (Lipinski definition) is 7. The van der Waals surface area contributed by atoms with Gasteiger partial charge in [0.2, 0.25) is 11.5 Å². The number of phenols is 5. The van der Waals surface area contributed by atoms with Crippen LogP contribution in [0.4, 0.5) is 0 Å². The summed E-state index contributed by atoms with van der Waals surface area (Å²) in [5.74, 6) is -7.61. The van der Waals surface area contributed by atoms with E-state index in [2.05, 4.69) is 0 Å². The summed E-state index contributed by atoms with van der Waals surface area (Å²) < 4.78 is 0. The number of aliphatic hydroxyl groups excluding tert-OH is 2. The highest BCUT2D eigenvalue weighted by molar-refractivity contribution is 6.31. The lowest BCUT2D eigenvalue weighted by molar-refractivity contribution is -0.114. The van der Waals surface area contributed by atoms with Crippen molar-refractivity contribution in [2.45, 2.75) is 25.4 Å². The molecular formula is C30H20O10. The van der Waals surface area contributed by atoms with E-state index in [0.717, 1.165) is 6.07 Å². The molecule has 4 aliphatic carbocycles. The Balaban J connectivity index is 1.54. The summed E-state index contributed by atoms with van der Waals surface area (Å²) in [7, 11) is 0. The molecule has 10 heteroatoms. The Kier molecular flexibility index (Phi) is 4.38. The van der Waals surface area contributed by atoms with Gasteiger partial charge in [-0.15, -0.1) is 0 Å². The highest BCUT2D eigenvalue weighted by Crippen LogP contribution is 2.66. The molecule has 3 aromatic rings. The summed E-state index contributed by atoms with van der Waals surface area (Å²) in [6.07, 6.45) is 1.10. The van der Waals surface area contributed by atoms with Crippen LogP contribution in [0, 0.1) is 12.3 Å². The highest BCUT2D eigenvalue weighted by atomic mass is 16.3. The van der Waals surface area contributed by atoms with Gasteiger partial charge in [-0.2, -0.15) is 0 Å². The van der Waals surface area contributed by atoms with Crippen LogP contribution in [0.15, 0.2) is 42.0 Å². The molecule has 0 amide bonds. The maximum atomic E-state index is 13.9. The van der Waals surface area contributed by atoms with Crippen LogP contribution in [0.5, 0.6) is 28.7 Å². The number of fused-ring (bicyclic) bond motifs is 6. The average Bonchev–Trinajstić information content (AvgIpc) is 3.21. The Morgan fingerprint density at radius 3 is 2.20 bits per heavy atom. The minimum Gasteiger partial charge on any atom is -0.507 e. The molecule has 10 nitrogen and oxygen atoms in total. The van der Waals surface area contributed by atoms with Crippen molar-refractivity contribution in [3.8, 4) is 28.7 Å². The van der Waals surface area contributed by atoms with Crippen molar-refractivity contribution in [3.05, 3.63) is 92.1 Å². The standard InChI is InChI=1S/C30H20O10/c1-9-4-12-19(15(32)5-9)27(38)23-14(31)3-2-13-18-10(8-30(13,23)29(12)40)6-16(33)21-22(18)24(35)11-7-17(34)25(36)28(39)20(11)26(21)37/h2-7,13,29,32-34,36,38-40H,8H2,1H3. The SMILES string of the molecule is Cc1cc(O)c2c(c1)C(O)C13Cc4cc(O)c5c(c4C1C=CC(=O)C3=C2O)C(=O)c1cc(O)c(O)c(O)c1C5=O. The lowest BCUT2D eigenvalue weighted by Crippen LogP contribution is -2.43. The zero-order chi connectivity index (χ0) is 28.6. The molecule has 3 atom stereocenters. The number of carbonyl (C=O) groups excluding carboxylic acids is 3. The molecule has 0 bridgehead atoms. The van der Waals surface area contributed by atoms with Gasteiger partial charge < -0.3 is 35.7 Å². The van der Waals surface area contributed by atoms with Gasteiger partial charge in [-0.05, 0) is 59.9 Å². The van der Waals surface area contributed by atoms with E-state index in [9.17, 15) is 50.1 Å². The molecule has 0 heterocycles. The predicted octanol–water partition coefficient (Wildman–Crippen LogP) is 3.08. The summed E-state index contributed by atoms with van der Waals surface area (Å²) in [6.45, 7) is 1.69. The fourth-order valence-corrected chi connectivity index (χ4v) is 7.12. The fraction of sp³-hybridized carbons (Fsp3) is 0.167. The minimum absolute atomic E-state index is 0.0760. The van der Waals surface area contributed by atoms with E-state index in [1.165, 1.54) is 24.3 Å². The maximum Gasteiger partial charge on any atom is 0.202 e. The van der Waals surface area contributed by atoms with Gasteiger partial charge in [0.15, 0.2) is 23.1 Å². The molecule has 200 valence electrons. The van der Waals surface area contributed by atoms with Crippen molar-refractivity contribution in [2.24, 2.45) is 5.41 Å². The molecule has 0 saturated heterocycles. The minimum atomic E-state index is -1.55. The second-order valence-corrected chi connectivity index (χ2v) is 10.7. The van der Waals surface area contributed by atoms with Gasteiger partial charge in [-0.3, -0.25) is 14.4 Å². The average molecular weight is 540 g/mol. The smallest absolute Gasteiger partial charge is 0.202 e. The van der Waals surface area contributed by atoms with E-state index >= 15 is 0 Å². The molecule has 0 radical (unpaired) electrons. The van der Waals surface area contributed by atoms with Crippen LogP contribution in [0.1, 0.15) is 71.7 Å². The summed E-state index contributed by atoms with van der Waals surface area (Å²) in [5.41, 5.74) is -2.11.